The smallest absolute Gasteiger partial charge is 0.325 e. The summed E-state index contributed by atoms with van der Waals surface area (Å²) in [6, 6.07) is 22.5. The zero-order valence-electron chi connectivity index (χ0n) is 17.4. The molecule has 158 valence electrons. The normalized spacial score (nSPS) is 16.9. The molecule has 1 aliphatic rings. The number of fused-ring (bicyclic) bond motifs is 1. The maximum Gasteiger partial charge on any atom is 0.325 e. The Bertz CT molecular complexity index is 1110. The third-order valence-corrected chi connectivity index (χ3v) is 5.62. The molecule has 2 atom stereocenters. The van der Waals surface area contributed by atoms with Gasteiger partial charge in [-0.2, -0.15) is 0 Å². The van der Waals surface area contributed by atoms with E-state index in [9.17, 15) is 14.4 Å². The van der Waals surface area contributed by atoms with Crippen LogP contribution < -0.4 is 10.6 Å². The zero-order valence-corrected chi connectivity index (χ0v) is 17.4. The number of amides is 4. The average molecular weight is 415 g/mol. The third kappa shape index (κ3) is 4.74. The Morgan fingerprint density at radius 1 is 1.00 bits per heavy atom. The number of aryl methyl sites for hydroxylation is 1. The fourth-order valence-corrected chi connectivity index (χ4v) is 3.87. The summed E-state index contributed by atoms with van der Waals surface area (Å²) < 4.78 is 0. The molecule has 0 aliphatic carbocycles. The van der Waals surface area contributed by atoms with Gasteiger partial charge in [0, 0.05) is 0 Å². The molecule has 0 radical (unpaired) electrons. The van der Waals surface area contributed by atoms with Crippen LogP contribution in [0.2, 0.25) is 0 Å². The number of nitrogens with zero attached hydrogens (tertiary/aromatic N) is 1. The lowest BCUT2D eigenvalue weighted by atomic mass is 10.0. The highest BCUT2D eigenvalue weighted by atomic mass is 16.2. The molecule has 1 saturated heterocycles. The summed E-state index contributed by atoms with van der Waals surface area (Å²) in [6.07, 6.45) is 1.18. The van der Waals surface area contributed by atoms with E-state index in [0.717, 1.165) is 26.8 Å². The van der Waals surface area contributed by atoms with Crippen molar-refractivity contribution in [2.45, 2.75) is 31.8 Å². The standard InChI is InChI=1S/C25H25N3O3/c1-17(20-13-12-19-9-5-6-10-21(19)15-20)26-23(29)16-28-24(30)22(27-25(28)31)14-11-18-7-3-2-4-8-18/h2-10,12-13,15,17,22H,11,14,16H2,1H3,(H,26,29)(H,27,31)/t17-,22+/m1/s1. The van der Waals surface area contributed by atoms with Crippen LogP contribution in [0.25, 0.3) is 10.8 Å². The SMILES string of the molecule is C[C@@H](NC(=O)CN1C(=O)N[C@@H](CCc2ccccc2)C1=O)c1ccc2ccccc2c1. The van der Waals surface area contributed by atoms with E-state index in [2.05, 4.69) is 10.6 Å². The fourth-order valence-electron chi connectivity index (χ4n) is 3.87. The number of urea groups is 1. The van der Waals surface area contributed by atoms with E-state index in [1.165, 1.54) is 0 Å². The minimum Gasteiger partial charge on any atom is -0.348 e. The number of carbonyl (C=O) groups excluding carboxylic acids is 3. The van der Waals surface area contributed by atoms with Gasteiger partial charge in [0.2, 0.25) is 5.91 Å². The molecule has 1 heterocycles. The van der Waals surface area contributed by atoms with Crippen LogP contribution in [0.15, 0.2) is 72.8 Å². The number of imide groups is 1. The first kappa shape index (κ1) is 20.6. The molecule has 0 aromatic heterocycles. The Morgan fingerprint density at radius 3 is 2.48 bits per heavy atom. The molecule has 0 bridgehead atoms. The molecule has 0 spiro atoms. The van der Waals surface area contributed by atoms with E-state index < -0.39 is 12.1 Å². The van der Waals surface area contributed by atoms with Crippen LogP contribution in [0, 0.1) is 0 Å². The zero-order chi connectivity index (χ0) is 21.8. The molecule has 0 saturated carbocycles. The van der Waals surface area contributed by atoms with Gasteiger partial charge in [0.05, 0.1) is 6.04 Å². The molecule has 2 N–H and O–H groups in total. The summed E-state index contributed by atoms with van der Waals surface area (Å²) in [7, 11) is 0. The van der Waals surface area contributed by atoms with E-state index in [-0.39, 0.29) is 24.4 Å². The summed E-state index contributed by atoms with van der Waals surface area (Å²) in [5.74, 6) is -0.720. The van der Waals surface area contributed by atoms with Gasteiger partial charge in [-0.25, -0.2) is 4.79 Å². The highest BCUT2D eigenvalue weighted by Crippen LogP contribution is 2.20. The quantitative estimate of drug-likeness (QED) is 0.579. The molecular formula is C25H25N3O3. The molecule has 31 heavy (non-hydrogen) atoms. The summed E-state index contributed by atoms with van der Waals surface area (Å²) in [6.45, 7) is 1.60. The topological polar surface area (TPSA) is 78.5 Å². The van der Waals surface area contributed by atoms with Crippen LogP contribution >= 0.6 is 0 Å². The lowest BCUT2D eigenvalue weighted by Crippen LogP contribution is -2.41. The van der Waals surface area contributed by atoms with Crippen molar-refractivity contribution in [3.05, 3.63) is 83.9 Å². The lowest BCUT2D eigenvalue weighted by molar-refractivity contribution is -0.132. The molecule has 6 nitrogen and oxygen atoms in total. The van der Waals surface area contributed by atoms with Crippen molar-refractivity contribution in [2.75, 3.05) is 6.54 Å². The summed E-state index contributed by atoms with van der Waals surface area (Å²) in [4.78, 5) is 38.4. The van der Waals surface area contributed by atoms with Crippen molar-refractivity contribution < 1.29 is 14.4 Å². The van der Waals surface area contributed by atoms with Crippen LogP contribution in [-0.2, 0) is 16.0 Å². The van der Waals surface area contributed by atoms with Gasteiger partial charge >= 0.3 is 6.03 Å². The maximum absolute atomic E-state index is 12.6. The predicted octanol–water partition coefficient (Wildman–Crippen LogP) is 3.57. The number of hydrogen-bond acceptors (Lipinski definition) is 3. The highest BCUT2D eigenvalue weighted by Gasteiger charge is 2.38. The van der Waals surface area contributed by atoms with Crippen LogP contribution in [0.4, 0.5) is 4.79 Å². The van der Waals surface area contributed by atoms with Crippen molar-refractivity contribution in [1.29, 1.82) is 0 Å². The molecule has 1 fully saturated rings. The molecule has 1 aliphatic heterocycles. The van der Waals surface area contributed by atoms with Crippen molar-refractivity contribution in [3.63, 3.8) is 0 Å². The monoisotopic (exact) mass is 415 g/mol. The molecule has 0 unspecified atom stereocenters. The first-order valence-corrected chi connectivity index (χ1v) is 10.4. The minimum absolute atomic E-state index is 0.244. The molecule has 4 rings (SSSR count). The minimum atomic E-state index is -0.599. The second-order valence-corrected chi connectivity index (χ2v) is 7.85. The van der Waals surface area contributed by atoms with Crippen molar-refractivity contribution in [3.8, 4) is 0 Å². The second kappa shape index (κ2) is 9.00. The Morgan fingerprint density at radius 2 is 1.71 bits per heavy atom. The molecule has 3 aromatic rings. The Hall–Kier alpha value is -3.67. The number of carbonyl (C=O) groups is 3. The molecule has 3 aromatic carbocycles. The van der Waals surface area contributed by atoms with E-state index >= 15 is 0 Å². The first-order chi connectivity index (χ1) is 15.0. The van der Waals surface area contributed by atoms with Gasteiger partial charge in [0.15, 0.2) is 0 Å². The Kier molecular flexibility index (Phi) is 5.98. The number of rotatable bonds is 7. The van der Waals surface area contributed by atoms with E-state index in [1.807, 2.05) is 79.7 Å². The van der Waals surface area contributed by atoms with Gasteiger partial charge in [-0.15, -0.1) is 0 Å². The van der Waals surface area contributed by atoms with Crippen molar-refractivity contribution >= 4 is 28.6 Å². The predicted molar refractivity (Wildman–Crippen MR) is 119 cm³/mol. The van der Waals surface area contributed by atoms with Gasteiger partial charge in [0.1, 0.15) is 12.6 Å². The summed E-state index contributed by atoms with van der Waals surface area (Å²) >= 11 is 0. The fraction of sp³-hybridized carbons (Fsp3) is 0.240. The Labute approximate surface area is 181 Å². The molecular weight excluding hydrogens is 390 g/mol. The largest absolute Gasteiger partial charge is 0.348 e. The third-order valence-electron chi connectivity index (χ3n) is 5.62. The van der Waals surface area contributed by atoms with Gasteiger partial charge < -0.3 is 10.6 Å². The first-order valence-electron chi connectivity index (χ1n) is 10.4. The summed E-state index contributed by atoms with van der Waals surface area (Å²) in [5.41, 5.74) is 2.06. The number of hydrogen-bond donors (Lipinski definition) is 2. The average Bonchev–Trinajstić information content (AvgIpc) is 3.05. The van der Waals surface area contributed by atoms with Gasteiger partial charge in [-0.05, 0) is 47.7 Å². The van der Waals surface area contributed by atoms with Gasteiger partial charge in [0.25, 0.3) is 5.91 Å². The molecule has 4 amide bonds. The van der Waals surface area contributed by atoms with Crippen LogP contribution in [0.5, 0.6) is 0 Å². The van der Waals surface area contributed by atoms with Crippen LogP contribution in [-0.4, -0.2) is 35.3 Å². The Balaban J connectivity index is 1.33. The van der Waals surface area contributed by atoms with Crippen molar-refractivity contribution in [2.24, 2.45) is 0 Å². The van der Waals surface area contributed by atoms with Gasteiger partial charge in [-0.1, -0.05) is 66.7 Å². The van der Waals surface area contributed by atoms with Crippen LogP contribution in [0.3, 0.4) is 0 Å². The lowest BCUT2D eigenvalue weighted by Gasteiger charge is -2.18. The van der Waals surface area contributed by atoms with E-state index in [4.69, 9.17) is 0 Å². The van der Waals surface area contributed by atoms with Crippen molar-refractivity contribution in [1.82, 2.24) is 15.5 Å². The maximum atomic E-state index is 12.6. The highest BCUT2D eigenvalue weighted by molar-refractivity contribution is 6.06. The molecule has 6 heteroatoms. The van der Waals surface area contributed by atoms with E-state index in [1.54, 1.807) is 0 Å². The number of benzene rings is 3. The second-order valence-electron chi connectivity index (χ2n) is 7.85. The summed E-state index contributed by atoms with van der Waals surface area (Å²) in [5, 5.41) is 7.80. The number of nitrogens with one attached hydrogen (secondary N) is 2. The van der Waals surface area contributed by atoms with Gasteiger partial charge in [-0.3, -0.25) is 14.5 Å². The van der Waals surface area contributed by atoms with E-state index in [0.29, 0.717) is 12.8 Å². The van der Waals surface area contributed by atoms with Crippen LogP contribution in [0.1, 0.15) is 30.5 Å².